The van der Waals surface area contributed by atoms with Crippen LogP contribution >= 0.6 is 11.3 Å². The first-order valence-electron chi connectivity index (χ1n) is 6.12. The van der Waals surface area contributed by atoms with Crippen molar-refractivity contribution in [3.63, 3.8) is 0 Å². The first-order chi connectivity index (χ1) is 9.94. The SMILES string of the molecule is Cc1cc(C)n(CC(=O)Nc2ncc(C=CC(=O)O)s2)n1. The van der Waals surface area contributed by atoms with Crippen LogP contribution < -0.4 is 5.32 Å². The van der Waals surface area contributed by atoms with Gasteiger partial charge in [0.1, 0.15) is 6.54 Å². The number of amides is 1. The molecule has 2 rings (SSSR count). The summed E-state index contributed by atoms with van der Waals surface area (Å²) < 4.78 is 1.61. The Labute approximate surface area is 124 Å². The number of hydrogen-bond donors (Lipinski definition) is 2. The van der Waals surface area contributed by atoms with Crippen LogP contribution in [0.5, 0.6) is 0 Å². The van der Waals surface area contributed by atoms with Crippen LogP contribution in [0.3, 0.4) is 0 Å². The summed E-state index contributed by atoms with van der Waals surface area (Å²) in [6.45, 7) is 3.86. The lowest BCUT2D eigenvalue weighted by Gasteiger charge is -2.03. The number of nitrogens with zero attached hydrogens (tertiary/aromatic N) is 3. The molecule has 0 bridgehead atoms. The van der Waals surface area contributed by atoms with Gasteiger partial charge in [0.05, 0.1) is 5.69 Å². The molecule has 0 unspecified atom stereocenters. The standard InChI is InChI=1S/C13H14N4O3S/c1-8-5-9(2)17(16-8)7-11(18)15-13-14-6-10(21-13)3-4-12(19)20/h3-6H,7H2,1-2H3,(H,19,20)(H,14,15,18). The molecule has 0 radical (unpaired) electrons. The Balaban J connectivity index is 1.97. The first-order valence-corrected chi connectivity index (χ1v) is 6.93. The largest absolute Gasteiger partial charge is 0.478 e. The van der Waals surface area contributed by atoms with Crippen LogP contribution in [0.1, 0.15) is 16.3 Å². The summed E-state index contributed by atoms with van der Waals surface area (Å²) >= 11 is 1.20. The number of carbonyl (C=O) groups excluding carboxylic acids is 1. The molecule has 2 heterocycles. The maximum absolute atomic E-state index is 11.9. The number of aromatic nitrogens is 3. The van der Waals surface area contributed by atoms with Crippen molar-refractivity contribution in [3.05, 3.63) is 34.6 Å². The third kappa shape index (κ3) is 4.25. The van der Waals surface area contributed by atoms with Crippen molar-refractivity contribution in [2.45, 2.75) is 20.4 Å². The van der Waals surface area contributed by atoms with Gasteiger partial charge < -0.3 is 10.4 Å². The molecule has 2 aromatic rings. The predicted octanol–water partition coefficient (Wildman–Crippen LogP) is 1.69. The molecular weight excluding hydrogens is 292 g/mol. The Kier molecular flexibility index (Phi) is 4.49. The molecule has 0 aliphatic carbocycles. The lowest BCUT2D eigenvalue weighted by molar-refractivity contribution is -0.131. The molecule has 2 aromatic heterocycles. The third-order valence-corrected chi connectivity index (χ3v) is 3.43. The average Bonchev–Trinajstić information content (AvgIpc) is 2.94. The number of carboxylic acid groups (broad SMARTS) is 1. The van der Waals surface area contributed by atoms with E-state index in [0.29, 0.717) is 10.0 Å². The van der Waals surface area contributed by atoms with Gasteiger partial charge in [-0.15, -0.1) is 0 Å². The predicted molar refractivity (Wildman–Crippen MR) is 79.1 cm³/mol. The molecule has 0 aliphatic heterocycles. The summed E-state index contributed by atoms with van der Waals surface area (Å²) in [6.07, 6.45) is 3.95. The number of nitrogens with one attached hydrogen (secondary N) is 1. The third-order valence-electron chi connectivity index (χ3n) is 2.56. The lowest BCUT2D eigenvalue weighted by atomic mass is 10.4. The highest BCUT2D eigenvalue weighted by molar-refractivity contribution is 7.16. The number of rotatable bonds is 5. The number of carboxylic acids is 1. The van der Waals surface area contributed by atoms with Gasteiger partial charge in [-0.3, -0.25) is 9.48 Å². The van der Waals surface area contributed by atoms with E-state index in [2.05, 4.69) is 15.4 Å². The van der Waals surface area contributed by atoms with Gasteiger partial charge in [0.25, 0.3) is 0 Å². The molecule has 7 nitrogen and oxygen atoms in total. The lowest BCUT2D eigenvalue weighted by Crippen LogP contribution is -2.20. The van der Waals surface area contributed by atoms with Crippen LogP contribution in [-0.4, -0.2) is 31.7 Å². The highest BCUT2D eigenvalue weighted by Gasteiger charge is 2.09. The molecular formula is C13H14N4O3S. The highest BCUT2D eigenvalue weighted by atomic mass is 32.1. The average molecular weight is 306 g/mol. The van der Waals surface area contributed by atoms with Gasteiger partial charge in [-0.05, 0) is 26.0 Å². The number of carbonyl (C=O) groups is 2. The van der Waals surface area contributed by atoms with Crippen LogP contribution in [0.4, 0.5) is 5.13 Å². The van der Waals surface area contributed by atoms with Crippen LogP contribution in [0.25, 0.3) is 6.08 Å². The Hall–Kier alpha value is -2.48. The summed E-state index contributed by atoms with van der Waals surface area (Å²) in [4.78, 5) is 27.0. The normalized spacial score (nSPS) is 11.0. The topological polar surface area (TPSA) is 97.1 Å². The number of aryl methyl sites for hydroxylation is 2. The van der Waals surface area contributed by atoms with E-state index >= 15 is 0 Å². The zero-order valence-corrected chi connectivity index (χ0v) is 12.3. The van der Waals surface area contributed by atoms with Gasteiger partial charge in [0.15, 0.2) is 5.13 Å². The van der Waals surface area contributed by atoms with E-state index in [1.165, 1.54) is 23.6 Å². The van der Waals surface area contributed by atoms with Gasteiger partial charge >= 0.3 is 5.97 Å². The molecule has 110 valence electrons. The molecule has 0 spiro atoms. The zero-order chi connectivity index (χ0) is 15.4. The minimum atomic E-state index is -1.03. The number of thiazole rings is 1. The molecule has 0 saturated carbocycles. The van der Waals surface area contributed by atoms with Crippen LogP contribution in [0.2, 0.25) is 0 Å². The second-order valence-corrected chi connectivity index (χ2v) is 5.43. The fourth-order valence-electron chi connectivity index (χ4n) is 1.70. The quantitative estimate of drug-likeness (QED) is 0.819. The van der Waals surface area contributed by atoms with Crippen molar-refractivity contribution in [2.75, 3.05) is 5.32 Å². The summed E-state index contributed by atoms with van der Waals surface area (Å²) in [7, 11) is 0. The monoisotopic (exact) mass is 306 g/mol. The van der Waals surface area contributed by atoms with Gasteiger partial charge in [-0.2, -0.15) is 5.10 Å². The fourth-order valence-corrected chi connectivity index (χ4v) is 2.44. The molecule has 0 fully saturated rings. The molecule has 0 aromatic carbocycles. The maximum Gasteiger partial charge on any atom is 0.328 e. The van der Waals surface area contributed by atoms with E-state index in [4.69, 9.17) is 5.11 Å². The first kappa shape index (κ1) is 14.9. The summed E-state index contributed by atoms with van der Waals surface area (Å²) in [5.41, 5.74) is 1.77. The van der Waals surface area contributed by atoms with Gasteiger partial charge in [-0.25, -0.2) is 9.78 Å². The summed E-state index contributed by atoms with van der Waals surface area (Å²) in [5.74, 6) is -1.26. The number of aliphatic carboxylic acids is 1. The van der Waals surface area contributed by atoms with Crippen LogP contribution in [-0.2, 0) is 16.1 Å². The van der Waals surface area contributed by atoms with Crippen LogP contribution in [0, 0.1) is 13.8 Å². The van der Waals surface area contributed by atoms with E-state index in [-0.39, 0.29) is 12.5 Å². The second-order valence-electron chi connectivity index (χ2n) is 4.37. The zero-order valence-electron chi connectivity index (χ0n) is 11.5. The van der Waals surface area contributed by atoms with E-state index < -0.39 is 5.97 Å². The highest BCUT2D eigenvalue weighted by Crippen LogP contribution is 2.19. The minimum absolute atomic E-state index is 0.111. The number of anilines is 1. The molecule has 0 atom stereocenters. The van der Waals surface area contributed by atoms with Crippen molar-refractivity contribution in [2.24, 2.45) is 0 Å². The van der Waals surface area contributed by atoms with Gasteiger partial charge in [0, 0.05) is 22.8 Å². The summed E-state index contributed by atoms with van der Waals surface area (Å²) in [6, 6.07) is 1.89. The Morgan fingerprint density at radius 1 is 1.48 bits per heavy atom. The molecule has 8 heteroatoms. The molecule has 2 N–H and O–H groups in total. The Bertz CT molecular complexity index is 702. The smallest absolute Gasteiger partial charge is 0.328 e. The van der Waals surface area contributed by atoms with Crippen molar-refractivity contribution in [3.8, 4) is 0 Å². The van der Waals surface area contributed by atoms with E-state index in [1.807, 2.05) is 19.9 Å². The van der Waals surface area contributed by atoms with Crippen molar-refractivity contribution < 1.29 is 14.7 Å². The Morgan fingerprint density at radius 2 is 2.24 bits per heavy atom. The number of hydrogen-bond acceptors (Lipinski definition) is 5. The van der Waals surface area contributed by atoms with Crippen molar-refractivity contribution >= 4 is 34.4 Å². The molecule has 21 heavy (non-hydrogen) atoms. The van der Waals surface area contributed by atoms with Gasteiger partial charge in [-0.1, -0.05) is 11.3 Å². The van der Waals surface area contributed by atoms with E-state index in [0.717, 1.165) is 17.5 Å². The van der Waals surface area contributed by atoms with Crippen molar-refractivity contribution in [1.29, 1.82) is 0 Å². The van der Waals surface area contributed by atoms with Crippen LogP contribution in [0.15, 0.2) is 18.3 Å². The van der Waals surface area contributed by atoms with Crippen molar-refractivity contribution in [1.82, 2.24) is 14.8 Å². The molecule has 0 aliphatic rings. The maximum atomic E-state index is 11.9. The van der Waals surface area contributed by atoms with Gasteiger partial charge in [0.2, 0.25) is 5.91 Å². The molecule has 0 saturated heterocycles. The second kappa shape index (κ2) is 6.31. The minimum Gasteiger partial charge on any atom is -0.478 e. The fraction of sp³-hybridized carbons (Fsp3) is 0.231. The Morgan fingerprint density at radius 3 is 2.86 bits per heavy atom. The molecule has 1 amide bonds. The summed E-state index contributed by atoms with van der Waals surface area (Å²) in [5, 5.41) is 15.8. The van der Waals surface area contributed by atoms with E-state index in [1.54, 1.807) is 4.68 Å². The van der Waals surface area contributed by atoms with E-state index in [9.17, 15) is 9.59 Å².